The van der Waals surface area contributed by atoms with Crippen LogP contribution in [0.3, 0.4) is 0 Å². The van der Waals surface area contributed by atoms with Crippen molar-refractivity contribution in [3.8, 4) is 0 Å². The van der Waals surface area contributed by atoms with Crippen LogP contribution in [0.5, 0.6) is 0 Å². The smallest absolute Gasteiger partial charge is 0.258 e. The molecule has 0 spiro atoms. The highest BCUT2D eigenvalue weighted by Gasteiger charge is 2.34. The third-order valence-corrected chi connectivity index (χ3v) is 2.40. The van der Waals surface area contributed by atoms with Crippen LogP contribution in [0.4, 0.5) is 0 Å². The van der Waals surface area contributed by atoms with Crippen molar-refractivity contribution in [2.24, 2.45) is 9.98 Å². The number of imide groups is 1. The number of carbonyl (C=O) groups is 2. The predicted molar refractivity (Wildman–Crippen MR) is 56.1 cm³/mol. The summed E-state index contributed by atoms with van der Waals surface area (Å²) in [6.45, 7) is 0. The predicted octanol–water partition coefficient (Wildman–Crippen LogP) is 0.132. The van der Waals surface area contributed by atoms with Crippen LogP contribution in [0.2, 0.25) is 0 Å². The first-order valence-corrected chi connectivity index (χ1v) is 4.16. The third-order valence-electron chi connectivity index (χ3n) is 2.40. The second-order valence-electron chi connectivity index (χ2n) is 3.20. The molecule has 0 aromatic heterocycles. The lowest BCUT2D eigenvalue weighted by molar-refractivity contribution is -0.124. The lowest BCUT2D eigenvalue weighted by Gasteiger charge is -2.07. The minimum atomic E-state index is -0.335. The second-order valence-corrected chi connectivity index (χ2v) is 3.20. The van der Waals surface area contributed by atoms with Crippen LogP contribution in [-0.4, -0.2) is 23.9 Å². The van der Waals surface area contributed by atoms with E-state index in [1.54, 1.807) is 6.08 Å². The van der Waals surface area contributed by atoms with Crippen molar-refractivity contribution in [2.75, 3.05) is 0 Å². The number of hydrogen-bond donors (Lipinski definition) is 1. The van der Waals surface area contributed by atoms with Gasteiger partial charge in [0.15, 0.2) is 0 Å². The molecule has 5 nitrogen and oxygen atoms in total. The molecule has 3 rings (SSSR count). The molecular weight excluding hydrogens is 218 g/mol. The Kier molecular flexibility index (Phi) is 2.04. The molecule has 15 heavy (non-hydrogen) atoms. The van der Waals surface area contributed by atoms with Crippen LogP contribution >= 0.6 is 12.4 Å². The van der Waals surface area contributed by atoms with Gasteiger partial charge in [-0.25, -0.2) is 9.98 Å². The molecule has 0 aromatic carbocycles. The minimum Gasteiger partial charge on any atom is -0.288 e. The fraction of sp³-hybridized carbons (Fsp3) is 0.111. The van der Waals surface area contributed by atoms with E-state index in [0.717, 1.165) is 5.71 Å². The first-order valence-electron chi connectivity index (χ1n) is 4.16. The van der Waals surface area contributed by atoms with Crippen molar-refractivity contribution in [1.29, 1.82) is 0 Å². The van der Waals surface area contributed by atoms with Crippen LogP contribution in [0.25, 0.3) is 0 Å². The van der Waals surface area contributed by atoms with Gasteiger partial charge in [-0.15, -0.1) is 12.4 Å². The molecule has 1 N–H and O–H groups in total. The zero-order valence-corrected chi connectivity index (χ0v) is 8.30. The maximum atomic E-state index is 11.3. The summed E-state index contributed by atoms with van der Waals surface area (Å²) < 4.78 is 0. The number of allylic oxidation sites excluding steroid dienone is 1. The van der Waals surface area contributed by atoms with Gasteiger partial charge in [0.05, 0.1) is 17.0 Å². The van der Waals surface area contributed by atoms with Gasteiger partial charge in [-0.05, 0) is 6.08 Å². The Labute approximate surface area is 91.1 Å². The van der Waals surface area contributed by atoms with Gasteiger partial charge in [-0.1, -0.05) is 0 Å². The Balaban J connectivity index is 0.000000853. The van der Waals surface area contributed by atoms with Gasteiger partial charge in [-0.2, -0.15) is 0 Å². The summed E-state index contributed by atoms with van der Waals surface area (Å²) in [5.74, 6) is -0.645. The van der Waals surface area contributed by atoms with Gasteiger partial charge in [0.25, 0.3) is 11.8 Å². The van der Waals surface area contributed by atoms with Gasteiger partial charge in [0.2, 0.25) is 0 Å². The third kappa shape index (κ3) is 1.24. The van der Waals surface area contributed by atoms with Crippen molar-refractivity contribution in [1.82, 2.24) is 5.32 Å². The molecule has 0 aromatic rings. The number of nitrogens with zero attached hydrogens (tertiary/aromatic N) is 2. The average Bonchev–Trinajstić information content (AvgIpc) is 2.70. The molecule has 0 fully saturated rings. The number of carbonyl (C=O) groups excluding carboxylic acids is 2. The van der Waals surface area contributed by atoms with Crippen LogP contribution in [0.1, 0.15) is 6.42 Å². The van der Waals surface area contributed by atoms with Gasteiger partial charge in [-0.3, -0.25) is 14.9 Å². The first-order chi connectivity index (χ1) is 6.75. The normalized spacial score (nSPS) is 21.6. The van der Waals surface area contributed by atoms with E-state index in [0.29, 0.717) is 23.3 Å². The quantitative estimate of drug-likeness (QED) is 0.593. The maximum Gasteiger partial charge on any atom is 0.258 e. The fourth-order valence-electron chi connectivity index (χ4n) is 1.70. The molecule has 0 saturated heterocycles. The van der Waals surface area contributed by atoms with E-state index >= 15 is 0 Å². The van der Waals surface area contributed by atoms with E-state index in [-0.39, 0.29) is 24.2 Å². The molecule has 0 bridgehead atoms. The molecule has 2 amide bonds. The van der Waals surface area contributed by atoms with Crippen molar-refractivity contribution < 1.29 is 9.59 Å². The molecule has 6 heteroatoms. The fourth-order valence-corrected chi connectivity index (χ4v) is 1.70. The summed E-state index contributed by atoms with van der Waals surface area (Å²) in [6, 6.07) is 0. The lowest BCUT2D eigenvalue weighted by atomic mass is 9.96. The second kappa shape index (κ2) is 3.13. The topological polar surface area (TPSA) is 70.9 Å². The van der Waals surface area contributed by atoms with Crippen LogP contribution in [0.15, 0.2) is 32.9 Å². The molecule has 2 aliphatic heterocycles. The van der Waals surface area contributed by atoms with Crippen molar-refractivity contribution in [3.63, 3.8) is 0 Å². The largest absolute Gasteiger partial charge is 0.288 e. The lowest BCUT2D eigenvalue weighted by Crippen LogP contribution is -2.22. The molecule has 3 aliphatic rings. The highest BCUT2D eigenvalue weighted by atomic mass is 35.5. The number of amides is 2. The zero-order valence-electron chi connectivity index (χ0n) is 7.48. The molecule has 0 radical (unpaired) electrons. The number of rotatable bonds is 0. The number of aliphatic imine (C=N–C) groups is 2. The van der Waals surface area contributed by atoms with Gasteiger partial charge in [0, 0.05) is 12.0 Å². The SMILES string of the molecule is Cl.O=C1NC(=O)C2=C1C=C1N=CN=C1C2. The monoisotopic (exact) mass is 223 g/mol. The summed E-state index contributed by atoms with van der Waals surface area (Å²) >= 11 is 0. The molecule has 76 valence electrons. The number of halogens is 1. The zero-order chi connectivity index (χ0) is 9.71. The van der Waals surface area contributed by atoms with Crippen LogP contribution in [0, 0.1) is 0 Å². The number of hydrogen-bond acceptors (Lipinski definition) is 4. The molecule has 1 aliphatic carbocycles. The summed E-state index contributed by atoms with van der Waals surface area (Å²) in [5.41, 5.74) is 2.38. The van der Waals surface area contributed by atoms with E-state index in [4.69, 9.17) is 0 Å². The summed E-state index contributed by atoms with van der Waals surface area (Å²) in [4.78, 5) is 30.6. The summed E-state index contributed by atoms with van der Waals surface area (Å²) in [5, 5.41) is 2.24. The Bertz CT molecular complexity index is 499. The first kappa shape index (κ1) is 9.79. The molecule has 0 unspecified atom stereocenters. The average molecular weight is 224 g/mol. The Morgan fingerprint density at radius 1 is 1.27 bits per heavy atom. The summed E-state index contributed by atoms with van der Waals surface area (Å²) in [7, 11) is 0. The van der Waals surface area contributed by atoms with Crippen molar-refractivity contribution in [2.45, 2.75) is 6.42 Å². The van der Waals surface area contributed by atoms with Crippen LogP contribution in [-0.2, 0) is 9.59 Å². The van der Waals surface area contributed by atoms with Gasteiger partial charge in [0.1, 0.15) is 6.34 Å². The summed E-state index contributed by atoms with van der Waals surface area (Å²) in [6.07, 6.45) is 3.45. The van der Waals surface area contributed by atoms with E-state index in [2.05, 4.69) is 15.3 Å². The van der Waals surface area contributed by atoms with Crippen LogP contribution < -0.4 is 5.32 Å². The highest BCUT2D eigenvalue weighted by Crippen LogP contribution is 2.28. The standard InChI is InChI=1S/C9H5N3O2.ClH/c13-8-4-1-6-7(11-3-10-6)2-5(4)9(14)12-8;/h1,3H,2H2,(H,12,13,14);1H. The highest BCUT2D eigenvalue weighted by molar-refractivity contribution is 6.26. The van der Waals surface area contributed by atoms with E-state index in [1.807, 2.05) is 0 Å². The van der Waals surface area contributed by atoms with Gasteiger partial charge < -0.3 is 0 Å². The molecule has 2 heterocycles. The van der Waals surface area contributed by atoms with Crippen molar-refractivity contribution in [3.05, 3.63) is 22.9 Å². The molecular formula is C9H6ClN3O2. The van der Waals surface area contributed by atoms with E-state index < -0.39 is 0 Å². The Morgan fingerprint density at radius 2 is 2.07 bits per heavy atom. The van der Waals surface area contributed by atoms with Gasteiger partial charge >= 0.3 is 0 Å². The minimum absolute atomic E-state index is 0. The number of nitrogens with one attached hydrogen (secondary N) is 1. The Morgan fingerprint density at radius 3 is 2.87 bits per heavy atom. The van der Waals surface area contributed by atoms with E-state index in [9.17, 15) is 9.59 Å². The Hall–Kier alpha value is -1.75. The van der Waals surface area contributed by atoms with Crippen molar-refractivity contribution >= 4 is 36.3 Å². The van der Waals surface area contributed by atoms with E-state index in [1.165, 1.54) is 6.34 Å². The molecule has 0 saturated carbocycles. The number of fused-ring (bicyclic) bond motifs is 1. The molecule has 0 atom stereocenters. The maximum absolute atomic E-state index is 11.3.